The minimum absolute atomic E-state index is 0.784. The fourth-order valence-electron chi connectivity index (χ4n) is 3.55. The molecule has 5 heteroatoms. The summed E-state index contributed by atoms with van der Waals surface area (Å²) in [6.07, 6.45) is 11.7. The molecule has 5 nitrogen and oxygen atoms in total. The molecule has 0 amide bonds. The molecule has 2 aromatic heterocycles. The van der Waals surface area contributed by atoms with E-state index in [9.17, 15) is 0 Å². The average Bonchev–Trinajstić information content (AvgIpc) is 2.78. The van der Waals surface area contributed by atoms with Crippen LogP contribution < -0.4 is 0 Å². The highest BCUT2D eigenvalue weighted by Crippen LogP contribution is 2.36. The molecule has 19 heavy (non-hydrogen) atoms. The smallest absolute Gasteiger partial charge is 0.184 e. The van der Waals surface area contributed by atoms with Crippen LogP contribution in [0.4, 0.5) is 0 Å². The Morgan fingerprint density at radius 3 is 2.95 bits per heavy atom. The molecule has 1 fully saturated rings. The van der Waals surface area contributed by atoms with Crippen molar-refractivity contribution in [1.29, 1.82) is 0 Å². The molecule has 1 saturated carbocycles. The monoisotopic (exact) mass is 255 g/mol. The van der Waals surface area contributed by atoms with Crippen molar-refractivity contribution < 1.29 is 0 Å². The van der Waals surface area contributed by atoms with E-state index >= 15 is 0 Å². The van der Waals surface area contributed by atoms with E-state index in [0.717, 1.165) is 42.1 Å². The summed E-state index contributed by atoms with van der Waals surface area (Å²) < 4.78 is 2.28. The number of nitrogens with zero attached hydrogens (tertiary/aromatic N) is 5. The molecular weight excluding hydrogens is 238 g/mol. The lowest BCUT2D eigenvalue weighted by molar-refractivity contribution is 0.262. The third kappa shape index (κ3) is 1.93. The van der Waals surface area contributed by atoms with Gasteiger partial charge in [0.1, 0.15) is 11.5 Å². The molecule has 1 aliphatic heterocycles. The van der Waals surface area contributed by atoms with Gasteiger partial charge in [0.25, 0.3) is 0 Å². The van der Waals surface area contributed by atoms with Crippen LogP contribution in [0.25, 0.3) is 11.5 Å². The minimum atomic E-state index is 0.784. The average molecular weight is 255 g/mol. The Balaban J connectivity index is 1.77. The van der Waals surface area contributed by atoms with Crippen LogP contribution in [0.2, 0.25) is 0 Å². The quantitative estimate of drug-likeness (QED) is 0.783. The zero-order valence-electron chi connectivity index (χ0n) is 10.9. The maximum Gasteiger partial charge on any atom is 0.184 e. The van der Waals surface area contributed by atoms with Crippen molar-refractivity contribution in [1.82, 2.24) is 24.7 Å². The molecule has 2 aliphatic rings. The number of rotatable bonds is 1. The lowest BCUT2D eigenvalue weighted by atomic mass is 9.81. The Labute approximate surface area is 112 Å². The van der Waals surface area contributed by atoms with Crippen LogP contribution in [-0.2, 0) is 13.0 Å². The first kappa shape index (κ1) is 11.1. The number of hydrogen-bond acceptors (Lipinski definition) is 4. The zero-order chi connectivity index (χ0) is 12.7. The predicted molar refractivity (Wildman–Crippen MR) is 70.2 cm³/mol. The molecule has 0 radical (unpaired) electrons. The molecular formula is C14H17N5. The largest absolute Gasteiger partial charge is 0.309 e. The van der Waals surface area contributed by atoms with Gasteiger partial charge in [0.2, 0.25) is 0 Å². The molecule has 2 bridgehead atoms. The van der Waals surface area contributed by atoms with Crippen LogP contribution in [0.5, 0.6) is 0 Å². The topological polar surface area (TPSA) is 56.5 Å². The first-order chi connectivity index (χ1) is 9.40. The Bertz CT molecular complexity index is 577. The highest BCUT2D eigenvalue weighted by atomic mass is 15.3. The van der Waals surface area contributed by atoms with Crippen molar-refractivity contribution in [3.05, 3.63) is 24.4 Å². The molecule has 4 rings (SSSR count). The molecule has 0 N–H and O–H groups in total. The second-order valence-corrected chi connectivity index (χ2v) is 5.74. The summed E-state index contributed by atoms with van der Waals surface area (Å²) in [5.74, 6) is 3.61. The standard InChI is InChI=1S/C14H17N5/c1-2-10-6-11(3-1)9-19-13(7-10)17-18-14(19)12-8-15-4-5-16-12/h4-5,8,10-11H,1-3,6-7,9H2. The Morgan fingerprint density at radius 1 is 1.11 bits per heavy atom. The number of aromatic nitrogens is 5. The van der Waals surface area contributed by atoms with E-state index in [2.05, 4.69) is 24.7 Å². The zero-order valence-corrected chi connectivity index (χ0v) is 10.9. The van der Waals surface area contributed by atoms with Gasteiger partial charge < -0.3 is 4.57 Å². The van der Waals surface area contributed by atoms with Gasteiger partial charge in [-0.15, -0.1) is 10.2 Å². The second-order valence-electron chi connectivity index (χ2n) is 5.74. The maximum atomic E-state index is 4.40. The van der Waals surface area contributed by atoms with E-state index in [4.69, 9.17) is 0 Å². The fraction of sp³-hybridized carbons (Fsp3) is 0.571. The van der Waals surface area contributed by atoms with Gasteiger partial charge in [-0.3, -0.25) is 4.98 Å². The van der Waals surface area contributed by atoms with Crippen molar-refractivity contribution in [2.75, 3.05) is 0 Å². The van der Waals surface area contributed by atoms with E-state index in [0.29, 0.717) is 0 Å². The lowest BCUT2D eigenvalue weighted by Crippen LogP contribution is -2.17. The maximum absolute atomic E-state index is 4.40. The van der Waals surface area contributed by atoms with E-state index in [1.54, 1.807) is 18.6 Å². The summed E-state index contributed by atoms with van der Waals surface area (Å²) in [5.41, 5.74) is 0.831. The minimum Gasteiger partial charge on any atom is -0.309 e. The van der Waals surface area contributed by atoms with Crippen LogP contribution in [0.1, 0.15) is 31.5 Å². The molecule has 0 aromatic carbocycles. The van der Waals surface area contributed by atoms with Crippen molar-refractivity contribution in [2.45, 2.75) is 38.6 Å². The van der Waals surface area contributed by atoms with Gasteiger partial charge in [0.05, 0.1) is 6.20 Å². The molecule has 0 saturated heterocycles. The normalized spacial score (nSPS) is 25.7. The second kappa shape index (κ2) is 4.40. The van der Waals surface area contributed by atoms with Crippen LogP contribution in [0.15, 0.2) is 18.6 Å². The molecule has 2 atom stereocenters. The van der Waals surface area contributed by atoms with E-state index in [1.165, 1.54) is 25.7 Å². The summed E-state index contributed by atoms with van der Waals surface area (Å²) in [7, 11) is 0. The third-order valence-corrected chi connectivity index (χ3v) is 4.42. The first-order valence-corrected chi connectivity index (χ1v) is 7.08. The highest BCUT2D eigenvalue weighted by molar-refractivity contribution is 5.47. The molecule has 2 aromatic rings. The van der Waals surface area contributed by atoms with Crippen LogP contribution in [0, 0.1) is 11.8 Å². The molecule has 2 unspecified atom stereocenters. The highest BCUT2D eigenvalue weighted by Gasteiger charge is 2.30. The summed E-state index contributed by atoms with van der Waals surface area (Å²) in [5, 5.41) is 8.75. The summed E-state index contributed by atoms with van der Waals surface area (Å²) in [6, 6.07) is 0. The van der Waals surface area contributed by atoms with Crippen LogP contribution in [-0.4, -0.2) is 24.7 Å². The Hall–Kier alpha value is -1.78. The fourth-order valence-corrected chi connectivity index (χ4v) is 3.55. The van der Waals surface area contributed by atoms with Crippen LogP contribution in [0.3, 0.4) is 0 Å². The summed E-state index contributed by atoms with van der Waals surface area (Å²) in [6.45, 7) is 1.05. The van der Waals surface area contributed by atoms with E-state index in [1.807, 2.05) is 0 Å². The predicted octanol–water partition coefficient (Wildman–Crippen LogP) is 2.10. The van der Waals surface area contributed by atoms with Gasteiger partial charge in [0.15, 0.2) is 5.82 Å². The molecule has 98 valence electrons. The summed E-state index contributed by atoms with van der Waals surface area (Å²) >= 11 is 0. The van der Waals surface area contributed by atoms with Gasteiger partial charge in [-0.25, -0.2) is 4.98 Å². The number of hydrogen-bond donors (Lipinski definition) is 0. The lowest BCUT2D eigenvalue weighted by Gasteiger charge is -2.25. The van der Waals surface area contributed by atoms with E-state index < -0.39 is 0 Å². The molecule has 1 aliphatic carbocycles. The molecule has 0 spiro atoms. The SMILES string of the molecule is c1cnc(-c2nnc3n2CC2CCCC(C3)C2)cn1. The van der Waals surface area contributed by atoms with Gasteiger partial charge >= 0.3 is 0 Å². The van der Waals surface area contributed by atoms with Gasteiger partial charge in [-0.2, -0.15) is 0 Å². The van der Waals surface area contributed by atoms with Crippen molar-refractivity contribution in [2.24, 2.45) is 11.8 Å². The Morgan fingerprint density at radius 2 is 2.05 bits per heavy atom. The molecule has 3 heterocycles. The van der Waals surface area contributed by atoms with Crippen LogP contribution >= 0.6 is 0 Å². The van der Waals surface area contributed by atoms with E-state index in [-0.39, 0.29) is 0 Å². The van der Waals surface area contributed by atoms with Crippen molar-refractivity contribution in [3.63, 3.8) is 0 Å². The number of fused-ring (bicyclic) bond motifs is 3. The van der Waals surface area contributed by atoms with Gasteiger partial charge in [-0.1, -0.05) is 6.42 Å². The third-order valence-electron chi connectivity index (χ3n) is 4.42. The first-order valence-electron chi connectivity index (χ1n) is 7.08. The van der Waals surface area contributed by atoms with Gasteiger partial charge in [0, 0.05) is 25.4 Å². The van der Waals surface area contributed by atoms with Crippen molar-refractivity contribution in [3.8, 4) is 11.5 Å². The summed E-state index contributed by atoms with van der Waals surface area (Å²) in [4.78, 5) is 8.50. The van der Waals surface area contributed by atoms with Gasteiger partial charge in [-0.05, 0) is 31.1 Å². The Kier molecular flexibility index (Phi) is 2.57. The van der Waals surface area contributed by atoms with Crippen molar-refractivity contribution >= 4 is 0 Å².